The fraction of sp³-hybridized carbons (Fsp3) is 0.800. The van der Waals surface area contributed by atoms with Crippen LogP contribution in [0, 0.1) is 16.5 Å². The van der Waals surface area contributed by atoms with Gasteiger partial charge in [0.15, 0.2) is 0 Å². The summed E-state index contributed by atoms with van der Waals surface area (Å²) < 4.78 is 0. The van der Waals surface area contributed by atoms with E-state index in [4.69, 9.17) is 0 Å². The second-order valence-electron chi connectivity index (χ2n) is 2.08. The number of nitro groups is 1. The minimum absolute atomic E-state index is 0.235. The quantitative estimate of drug-likeness (QED) is 0.395. The van der Waals surface area contributed by atoms with Crippen LogP contribution in [0.2, 0.25) is 0 Å². The van der Waals surface area contributed by atoms with E-state index in [1.807, 2.05) is 0 Å². The van der Waals surface area contributed by atoms with Crippen molar-refractivity contribution < 1.29 is 4.92 Å². The maximum Gasteiger partial charge on any atom is 0.218 e. The second-order valence-corrected chi connectivity index (χ2v) is 2.08. The summed E-state index contributed by atoms with van der Waals surface area (Å²) >= 11 is 0. The summed E-state index contributed by atoms with van der Waals surface area (Å²) in [6.45, 7) is 1.44. The van der Waals surface area contributed by atoms with Gasteiger partial charge in [-0.1, -0.05) is 0 Å². The molecule has 1 rings (SSSR count). The average Bonchev–Trinajstić information content (AvgIpc) is 1.90. The zero-order chi connectivity index (χ0) is 6.69. The molecule has 1 heterocycles. The maximum atomic E-state index is 10.1. The van der Waals surface area contributed by atoms with Crippen LogP contribution in [0.4, 0.5) is 0 Å². The van der Waals surface area contributed by atoms with Crippen LogP contribution in [0.3, 0.4) is 0 Å². The van der Waals surface area contributed by atoms with Gasteiger partial charge in [-0.15, -0.1) is 0 Å². The molecule has 1 aliphatic rings. The molecule has 0 amide bonds. The Bertz CT molecular complexity index is 110. The van der Waals surface area contributed by atoms with Crippen LogP contribution in [0.1, 0.15) is 6.42 Å². The first-order valence-corrected chi connectivity index (χ1v) is 2.98. The first-order valence-electron chi connectivity index (χ1n) is 2.98. The molecule has 1 fully saturated rings. The molecule has 9 heavy (non-hydrogen) atoms. The molecule has 0 aromatic heterocycles. The molecule has 0 bridgehead atoms. The van der Waals surface area contributed by atoms with Gasteiger partial charge >= 0.3 is 0 Å². The minimum atomic E-state index is -0.411. The largest absolute Gasteiger partial charge is 0.316 e. The Morgan fingerprint density at radius 3 is 2.89 bits per heavy atom. The van der Waals surface area contributed by atoms with Gasteiger partial charge in [0, 0.05) is 30.9 Å². The van der Waals surface area contributed by atoms with Crippen molar-refractivity contribution in [3.8, 4) is 0 Å². The summed E-state index contributed by atoms with van der Waals surface area (Å²) in [5.74, 6) is 0. The highest BCUT2D eigenvalue weighted by Crippen LogP contribution is 2.03. The molecule has 51 valence electrons. The number of piperidine rings is 1. The van der Waals surface area contributed by atoms with Crippen molar-refractivity contribution in [3.05, 3.63) is 16.5 Å². The van der Waals surface area contributed by atoms with Crippen molar-refractivity contribution in [2.75, 3.05) is 13.1 Å². The fourth-order valence-corrected chi connectivity index (χ4v) is 0.881. The molecule has 4 heteroatoms. The van der Waals surface area contributed by atoms with Crippen molar-refractivity contribution in [2.24, 2.45) is 0 Å². The van der Waals surface area contributed by atoms with Gasteiger partial charge in [0.1, 0.15) is 0 Å². The van der Waals surface area contributed by atoms with E-state index in [2.05, 4.69) is 5.32 Å². The third kappa shape index (κ3) is 1.64. The number of nitrogens with one attached hydrogen (secondary N) is 1. The lowest BCUT2D eigenvalue weighted by Gasteiger charge is -2.14. The summed E-state index contributed by atoms with van der Waals surface area (Å²) in [6.07, 6.45) is 2.33. The summed E-state index contributed by atoms with van der Waals surface area (Å²) in [5, 5.41) is 13.1. The van der Waals surface area contributed by atoms with Gasteiger partial charge in [-0.05, 0) is 0 Å². The Morgan fingerprint density at radius 1 is 1.78 bits per heavy atom. The molecule has 0 spiro atoms. The number of rotatable bonds is 1. The third-order valence-corrected chi connectivity index (χ3v) is 1.42. The molecule has 1 radical (unpaired) electrons. The van der Waals surface area contributed by atoms with Gasteiger partial charge in [0.05, 0.1) is 0 Å². The van der Waals surface area contributed by atoms with E-state index in [9.17, 15) is 10.1 Å². The SMILES string of the molecule is O=[N+]([O-])C1[CH]CNCC1. The highest BCUT2D eigenvalue weighted by atomic mass is 16.6. The zero-order valence-corrected chi connectivity index (χ0v) is 5.04. The summed E-state index contributed by atoms with van der Waals surface area (Å²) in [4.78, 5) is 9.87. The van der Waals surface area contributed by atoms with Gasteiger partial charge < -0.3 is 5.32 Å². The van der Waals surface area contributed by atoms with Gasteiger partial charge in [-0.25, -0.2) is 0 Å². The second kappa shape index (κ2) is 2.77. The van der Waals surface area contributed by atoms with Crippen LogP contribution >= 0.6 is 0 Å². The molecule has 0 saturated carbocycles. The van der Waals surface area contributed by atoms with Crippen LogP contribution in [-0.2, 0) is 0 Å². The average molecular weight is 129 g/mol. The Morgan fingerprint density at radius 2 is 2.56 bits per heavy atom. The summed E-state index contributed by atoms with van der Waals surface area (Å²) in [7, 11) is 0. The molecule has 4 nitrogen and oxygen atoms in total. The van der Waals surface area contributed by atoms with Crippen molar-refractivity contribution in [1.82, 2.24) is 5.32 Å². The lowest BCUT2D eigenvalue weighted by Crippen LogP contribution is -2.35. The molecule has 1 unspecified atom stereocenters. The van der Waals surface area contributed by atoms with Gasteiger partial charge in [0.2, 0.25) is 6.04 Å². The smallest absolute Gasteiger partial charge is 0.218 e. The zero-order valence-electron chi connectivity index (χ0n) is 5.04. The van der Waals surface area contributed by atoms with Crippen LogP contribution < -0.4 is 5.32 Å². The molecule has 0 aromatic rings. The monoisotopic (exact) mass is 129 g/mol. The molecule has 1 saturated heterocycles. The van der Waals surface area contributed by atoms with Crippen molar-refractivity contribution in [3.63, 3.8) is 0 Å². The first-order chi connectivity index (χ1) is 4.30. The lowest BCUT2D eigenvalue weighted by molar-refractivity contribution is -0.515. The topological polar surface area (TPSA) is 55.2 Å². The van der Waals surface area contributed by atoms with Crippen LogP contribution in [0.5, 0.6) is 0 Å². The van der Waals surface area contributed by atoms with E-state index in [1.165, 1.54) is 0 Å². The molecular weight excluding hydrogens is 120 g/mol. The van der Waals surface area contributed by atoms with Crippen molar-refractivity contribution in [2.45, 2.75) is 12.5 Å². The summed E-state index contributed by atoms with van der Waals surface area (Å²) in [5.41, 5.74) is 0. The van der Waals surface area contributed by atoms with Gasteiger partial charge in [-0.3, -0.25) is 10.1 Å². The van der Waals surface area contributed by atoms with Crippen molar-refractivity contribution >= 4 is 0 Å². The van der Waals surface area contributed by atoms with E-state index in [0.29, 0.717) is 13.0 Å². The first kappa shape index (κ1) is 6.48. The molecule has 0 aromatic carbocycles. The number of hydrogen-bond acceptors (Lipinski definition) is 3. The van der Waals surface area contributed by atoms with Crippen LogP contribution in [0.15, 0.2) is 0 Å². The molecule has 0 aliphatic carbocycles. The predicted octanol–water partition coefficient (Wildman–Crippen LogP) is -0.171. The Labute approximate surface area is 53.4 Å². The molecule has 1 N–H and O–H groups in total. The maximum absolute atomic E-state index is 10.1. The van der Waals surface area contributed by atoms with E-state index >= 15 is 0 Å². The highest BCUT2D eigenvalue weighted by Gasteiger charge is 2.22. The molecule has 1 aliphatic heterocycles. The van der Waals surface area contributed by atoms with E-state index in [1.54, 1.807) is 6.42 Å². The van der Waals surface area contributed by atoms with Crippen LogP contribution in [0.25, 0.3) is 0 Å². The Balaban J connectivity index is 2.31. The van der Waals surface area contributed by atoms with Gasteiger partial charge in [-0.2, -0.15) is 0 Å². The van der Waals surface area contributed by atoms with Crippen molar-refractivity contribution in [1.29, 1.82) is 0 Å². The predicted molar refractivity (Wildman–Crippen MR) is 32.6 cm³/mol. The van der Waals surface area contributed by atoms with E-state index in [0.717, 1.165) is 6.54 Å². The standard InChI is InChI=1S/C5H9N2O2/c8-7(9)5-1-3-6-4-2-5/h1,5-6H,2-4H2. The molecular formula is C5H9N2O2. The Hall–Kier alpha value is -0.640. The highest BCUT2D eigenvalue weighted by molar-refractivity contribution is 4.83. The fourth-order valence-electron chi connectivity index (χ4n) is 0.881. The Kier molecular flexibility index (Phi) is 2.00. The summed E-state index contributed by atoms with van der Waals surface area (Å²) in [6, 6.07) is -0.411. The number of hydrogen-bond donors (Lipinski definition) is 1. The normalized spacial score (nSPS) is 21.8. The molecule has 1 atom stereocenters. The third-order valence-electron chi connectivity index (χ3n) is 1.42. The van der Waals surface area contributed by atoms with E-state index in [-0.39, 0.29) is 4.92 Å². The van der Waals surface area contributed by atoms with Crippen LogP contribution in [-0.4, -0.2) is 24.1 Å². The minimum Gasteiger partial charge on any atom is -0.316 e. The number of nitrogens with zero attached hydrogens (tertiary/aromatic N) is 1. The van der Waals surface area contributed by atoms with E-state index < -0.39 is 6.04 Å². The van der Waals surface area contributed by atoms with Gasteiger partial charge in [0.25, 0.3) is 0 Å². The lowest BCUT2D eigenvalue weighted by atomic mass is 10.1.